The van der Waals surface area contributed by atoms with Crippen molar-refractivity contribution in [3.8, 4) is 5.75 Å². The fraction of sp³-hybridized carbons (Fsp3) is 0.111. The van der Waals surface area contributed by atoms with Crippen molar-refractivity contribution in [2.75, 3.05) is 19.5 Å². The largest absolute Gasteiger partial charge is 0.497 e. The van der Waals surface area contributed by atoms with Crippen LogP contribution in [-0.4, -0.2) is 26.1 Å². The molecule has 3 aromatic rings. The second-order valence-electron chi connectivity index (χ2n) is 5.15. The first kappa shape index (κ1) is 16.9. The van der Waals surface area contributed by atoms with E-state index in [-0.39, 0.29) is 16.3 Å². The molecule has 0 atom stereocenters. The van der Waals surface area contributed by atoms with Gasteiger partial charge in [-0.25, -0.2) is 4.79 Å². The predicted molar refractivity (Wildman–Crippen MR) is 93.5 cm³/mol. The number of carbonyl (C=O) groups excluding carboxylic acids is 2. The summed E-state index contributed by atoms with van der Waals surface area (Å²) in [4.78, 5) is 23.9. The van der Waals surface area contributed by atoms with E-state index in [0.29, 0.717) is 17.0 Å². The number of anilines is 1. The van der Waals surface area contributed by atoms with Crippen LogP contribution < -0.4 is 10.1 Å². The monoisotopic (exact) mass is 359 g/mol. The molecule has 1 N–H and O–H groups in total. The van der Waals surface area contributed by atoms with Crippen LogP contribution in [0, 0.1) is 0 Å². The third kappa shape index (κ3) is 3.44. The number of hydrogen-bond acceptors (Lipinski definition) is 5. The Balaban J connectivity index is 1.82. The molecule has 7 heteroatoms. The van der Waals surface area contributed by atoms with Gasteiger partial charge in [0, 0.05) is 11.1 Å². The molecule has 0 aliphatic heterocycles. The first-order valence-electron chi connectivity index (χ1n) is 7.28. The van der Waals surface area contributed by atoms with E-state index in [1.165, 1.54) is 19.2 Å². The van der Waals surface area contributed by atoms with Gasteiger partial charge in [0.25, 0.3) is 5.91 Å². The van der Waals surface area contributed by atoms with Crippen LogP contribution in [0.1, 0.15) is 20.9 Å². The van der Waals surface area contributed by atoms with Gasteiger partial charge in [-0.05, 0) is 42.5 Å². The molecule has 25 heavy (non-hydrogen) atoms. The number of hydrogen-bond donors (Lipinski definition) is 1. The van der Waals surface area contributed by atoms with E-state index in [4.69, 9.17) is 20.8 Å². The normalized spacial score (nSPS) is 10.5. The topological polar surface area (TPSA) is 77.8 Å². The second-order valence-corrected chi connectivity index (χ2v) is 5.56. The van der Waals surface area contributed by atoms with Crippen molar-refractivity contribution in [1.29, 1.82) is 0 Å². The maximum Gasteiger partial charge on any atom is 0.339 e. The molecule has 0 fully saturated rings. The number of ether oxygens (including phenoxy) is 2. The summed E-state index contributed by atoms with van der Waals surface area (Å²) < 4.78 is 15.3. The summed E-state index contributed by atoms with van der Waals surface area (Å²) in [6, 6.07) is 11.4. The average molecular weight is 360 g/mol. The molecule has 3 rings (SSSR count). The highest BCUT2D eigenvalue weighted by Gasteiger charge is 2.15. The van der Waals surface area contributed by atoms with Gasteiger partial charge in [-0.2, -0.15) is 0 Å². The fourth-order valence-electron chi connectivity index (χ4n) is 2.32. The lowest BCUT2D eigenvalue weighted by Crippen LogP contribution is -2.11. The number of carbonyl (C=O) groups is 2. The van der Waals surface area contributed by atoms with Crippen LogP contribution in [0.2, 0.25) is 5.02 Å². The van der Waals surface area contributed by atoms with Gasteiger partial charge in [0.15, 0.2) is 5.76 Å². The van der Waals surface area contributed by atoms with Gasteiger partial charge in [-0.1, -0.05) is 11.6 Å². The first-order chi connectivity index (χ1) is 12.0. The molecule has 128 valence electrons. The van der Waals surface area contributed by atoms with Gasteiger partial charge in [0.1, 0.15) is 11.3 Å². The molecular weight excluding hydrogens is 346 g/mol. The Bertz CT molecular complexity index is 963. The molecule has 0 saturated heterocycles. The number of methoxy groups -OCH3 is 2. The van der Waals surface area contributed by atoms with Crippen LogP contribution in [0.4, 0.5) is 5.69 Å². The van der Waals surface area contributed by atoms with Gasteiger partial charge < -0.3 is 19.2 Å². The third-order valence-electron chi connectivity index (χ3n) is 3.58. The Morgan fingerprint density at radius 2 is 1.88 bits per heavy atom. The minimum absolute atomic E-state index is 0.149. The van der Waals surface area contributed by atoms with Crippen molar-refractivity contribution in [2.24, 2.45) is 0 Å². The molecule has 0 spiro atoms. The highest BCUT2D eigenvalue weighted by atomic mass is 35.5. The number of esters is 1. The first-order valence-corrected chi connectivity index (χ1v) is 7.66. The molecule has 0 radical (unpaired) electrons. The number of amides is 1. The van der Waals surface area contributed by atoms with Crippen molar-refractivity contribution in [2.45, 2.75) is 0 Å². The molecule has 2 aromatic carbocycles. The lowest BCUT2D eigenvalue weighted by Gasteiger charge is -2.06. The van der Waals surface area contributed by atoms with Crippen LogP contribution in [0.25, 0.3) is 11.0 Å². The summed E-state index contributed by atoms with van der Waals surface area (Å²) in [5.41, 5.74) is 1.23. The Morgan fingerprint density at radius 1 is 1.08 bits per heavy atom. The Labute approximate surface area is 148 Å². The zero-order chi connectivity index (χ0) is 18.0. The average Bonchev–Trinajstić information content (AvgIpc) is 3.04. The number of nitrogens with one attached hydrogen (secondary N) is 1. The van der Waals surface area contributed by atoms with Crippen LogP contribution in [0.5, 0.6) is 5.75 Å². The number of halogens is 1. The number of fused-ring (bicyclic) bond motifs is 1. The van der Waals surface area contributed by atoms with Crippen molar-refractivity contribution in [3.63, 3.8) is 0 Å². The number of benzene rings is 2. The third-order valence-corrected chi connectivity index (χ3v) is 3.89. The van der Waals surface area contributed by atoms with Gasteiger partial charge in [0.05, 0.1) is 24.8 Å². The van der Waals surface area contributed by atoms with Crippen molar-refractivity contribution in [1.82, 2.24) is 0 Å². The van der Waals surface area contributed by atoms with Gasteiger partial charge in [0.2, 0.25) is 0 Å². The van der Waals surface area contributed by atoms with E-state index < -0.39 is 11.9 Å². The summed E-state index contributed by atoms with van der Waals surface area (Å²) in [7, 11) is 2.83. The van der Waals surface area contributed by atoms with E-state index in [9.17, 15) is 9.59 Å². The summed E-state index contributed by atoms with van der Waals surface area (Å²) >= 11 is 6.04. The van der Waals surface area contributed by atoms with Crippen LogP contribution in [0.3, 0.4) is 0 Å². The quantitative estimate of drug-likeness (QED) is 0.708. The van der Waals surface area contributed by atoms with Crippen LogP contribution >= 0.6 is 11.6 Å². The lowest BCUT2D eigenvalue weighted by atomic mass is 10.2. The summed E-state index contributed by atoms with van der Waals surface area (Å²) in [5.74, 6) is -0.159. The molecule has 0 bridgehead atoms. The van der Waals surface area contributed by atoms with Gasteiger partial charge >= 0.3 is 5.97 Å². The maximum atomic E-state index is 12.4. The van der Waals surface area contributed by atoms with Gasteiger partial charge in [-0.15, -0.1) is 0 Å². The standard InChI is InChI=1S/C18H14ClNO5/c1-23-12-4-6-15-10(7-12)8-16(25-15)17(21)20-11-3-5-13(14(19)9-11)18(22)24-2/h3-9H,1-2H3,(H,20,21). The molecule has 1 amide bonds. The Kier molecular flexibility index (Phi) is 4.63. The van der Waals surface area contributed by atoms with E-state index in [0.717, 1.165) is 5.39 Å². The van der Waals surface area contributed by atoms with Crippen molar-refractivity contribution < 1.29 is 23.5 Å². The maximum absolute atomic E-state index is 12.4. The smallest absolute Gasteiger partial charge is 0.339 e. The second kappa shape index (κ2) is 6.86. The fourth-order valence-corrected chi connectivity index (χ4v) is 2.58. The Hall–Kier alpha value is -2.99. The highest BCUT2D eigenvalue weighted by molar-refractivity contribution is 6.34. The van der Waals surface area contributed by atoms with Crippen LogP contribution in [0.15, 0.2) is 46.9 Å². The van der Waals surface area contributed by atoms with E-state index in [1.54, 1.807) is 37.4 Å². The minimum atomic E-state index is -0.547. The summed E-state index contributed by atoms with van der Waals surface area (Å²) in [5, 5.41) is 3.61. The molecule has 1 aromatic heterocycles. The van der Waals surface area contributed by atoms with Crippen molar-refractivity contribution >= 4 is 40.1 Å². The molecule has 0 aliphatic carbocycles. The Morgan fingerprint density at radius 3 is 2.56 bits per heavy atom. The molecule has 6 nitrogen and oxygen atoms in total. The molecule has 0 aliphatic rings. The van der Waals surface area contributed by atoms with E-state index in [1.807, 2.05) is 0 Å². The SMILES string of the molecule is COC(=O)c1ccc(NC(=O)c2cc3cc(OC)ccc3o2)cc1Cl. The highest BCUT2D eigenvalue weighted by Crippen LogP contribution is 2.26. The molecule has 0 unspecified atom stereocenters. The summed E-state index contributed by atoms with van der Waals surface area (Å²) in [6.07, 6.45) is 0. The molecular formula is C18H14ClNO5. The minimum Gasteiger partial charge on any atom is -0.497 e. The summed E-state index contributed by atoms with van der Waals surface area (Å²) in [6.45, 7) is 0. The lowest BCUT2D eigenvalue weighted by molar-refractivity contribution is 0.0601. The number of rotatable bonds is 4. The molecule has 1 heterocycles. The number of furan rings is 1. The predicted octanol–water partition coefficient (Wildman–Crippen LogP) is 4.13. The zero-order valence-corrected chi connectivity index (χ0v) is 14.2. The van der Waals surface area contributed by atoms with Gasteiger partial charge in [-0.3, -0.25) is 4.79 Å². The zero-order valence-electron chi connectivity index (χ0n) is 13.5. The molecule has 0 saturated carbocycles. The van der Waals surface area contributed by atoms with Crippen molar-refractivity contribution in [3.05, 3.63) is 58.8 Å². The van der Waals surface area contributed by atoms with Crippen LogP contribution in [-0.2, 0) is 4.74 Å². The van der Waals surface area contributed by atoms with E-state index in [2.05, 4.69) is 10.1 Å². The van der Waals surface area contributed by atoms with E-state index >= 15 is 0 Å².